The van der Waals surface area contributed by atoms with Crippen molar-refractivity contribution < 1.29 is 19.0 Å². The lowest BCUT2D eigenvalue weighted by molar-refractivity contribution is 0.0214. The molecule has 0 saturated carbocycles. The van der Waals surface area contributed by atoms with E-state index >= 15 is 0 Å². The number of unbranched alkanes of at least 4 members (excludes halogenated alkanes) is 3. The molecular formula is C36H47NO4. The number of rotatable bonds is 18. The second kappa shape index (κ2) is 15.3. The molecule has 1 aliphatic carbocycles. The minimum Gasteiger partial charge on any atom is -0.382 e. The molecule has 0 atom stereocenters. The number of aldehydes is 1. The van der Waals surface area contributed by atoms with E-state index in [1.165, 1.54) is 52.6 Å². The Kier molecular flexibility index (Phi) is 11.6. The number of carbonyl (C=O) groups excluding carboxylic acids is 1. The zero-order chi connectivity index (χ0) is 29.1. The van der Waals surface area contributed by atoms with E-state index < -0.39 is 0 Å². The Bertz CT molecular complexity index is 1200. The molecule has 0 fully saturated rings. The van der Waals surface area contributed by atoms with Gasteiger partial charge in [-0.2, -0.15) is 0 Å². The number of fused-ring (bicyclic) bond motifs is 3. The van der Waals surface area contributed by atoms with Gasteiger partial charge in [-0.3, -0.25) is 4.79 Å². The quantitative estimate of drug-likeness (QED) is 0.119. The van der Waals surface area contributed by atoms with Crippen molar-refractivity contribution in [2.24, 2.45) is 0 Å². The molecule has 0 heterocycles. The van der Waals surface area contributed by atoms with Gasteiger partial charge in [0.25, 0.3) is 0 Å². The number of benzene rings is 3. The molecule has 0 aliphatic heterocycles. The molecule has 0 spiro atoms. The number of nitrogens with zero attached hydrogens (tertiary/aromatic N) is 1. The van der Waals surface area contributed by atoms with Gasteiger partial charge in [0, 0.05) is 44.0 Å². The van der Waals surface area contributed by atoms with Gasteiger partial charge in [0.15, 0.2) is 0 Å². The predicted molar refractivity (Wildman–Crippen MR) is 168 cm³/mol. The first kappa shape index (κ1) is 31.0. The van der Waals surface area contributed by atoms with Crippen LogP contribution in [0.3, 0.4) is 0 Å². The molecule has 3 aromatic carbocycles. The summed E-state index contributed by atoms with van der Waals surface area (Å²) < 4.78 is 16.8. The third-order valence-electron chi connectivity index (χ3n) is 8.47. The molecule has 0 radical (unpaired) electrons. The van der Waals surface area contributed by atoms with E-state index in [2.05, 4.69) is 62.2 Å². The fourth-order valence-corrected chi connectivity index (χ4v) is 6.16. The molecule has 5 nitrogen and oxygen atoms in total. The summed E-state index contributed by atoms with van der Waals surface area (Å²) in [4.78, 5) is 13.2. The Balaban J connectivity index is 1.39. The molecule has 0 amide bonds. The van der Waals surface area contributed by atoms with Crippen molar-refractivity contribution in [3.05, 3.63) is 88.5 Å². The highest BCUT2D eigenvalue weighted by Gasteiger charge is 2.42. The molecule has 0 bridgehead atoms. The summed E-state index contributed by atoms with van der Waals surface area (Å²) in [6.07, 6.45) is 7.72. The lowest BCUT2D eigenvalue weighted by Gasteiger charge is -2.33. The summed E-state index contributed by atoms with van der Waals surface area (Å²) >= 11 is 0. The fourth-order valence-electron chi connectivity index (χ4n) is 6.16. The van der Waals surface area contributed by atoms with E-state index in [0.29, 0.717) is 33.0 Å². The molecule has 4 rings (SSSR count). The lowest BCUT2D eigenvalue weighted by Crippen LogP contribution is -2.28. The smallest absolute Gasteiger partial charge is 0.150 e. The fraction of sp³-hybridized carbons (Fsp3) is 0.472. The predicted octanol–water partition coefficient (Wildman–Crippen LogP) is 7.54. The third kappa shape index (κ3) is 7.85. The van der Waals surface area contributed by atoms with E-state index in [0.717, 1.165) is 43.3 Å². The van der Waals surface area contributed by atoms with E-state index in [9.17, 15) is 4.79 Å². The molecule has 3 aromatic rings. The summed E-state index contributed by atoms with van der Waals surface area (Å²) in [6, 6.07) is 21.8. The first-order chi connectivity index (χ1) is 20.0. The van der Waals surface area contributed by atoms with E-state index in [1.54, 1.807) is 7.11 Å². The van der Waals surface area contributed by atoms with Crippen LogP contribution >= 0.6 is 0 Å². The van der Waals surface area contributed by atoms with E-state index in [-0.39, 0.29) is 5.41 Å². The largest absolute Gasteiger partial charge is 0.382 e. The van der Waals surface area contributed by atoms with Gasteiger partial charge in [-0.05, 0) is 79.6 Å². The topological polar surface area (TPSA) is 48.0 Å². The summed E-state index contributed by atoms with van der Waals surface area (Å²) in [5, 5.41) is 0. The van der Waals surface area contributed by atoms with Gasteiger partial charge in [-0.1, -0.05) is 66.8 Å². The highest BCUT2D eigenvalue weighted by Crippen LogP contribution is 2.54. The van der Waals surface area contributed by atoms with Crippen LogP contribution in [0, 0.1) is 13.8 Å². The summed E-state index contributed by atoms with van der Waals surface area (Å²) in [5.74, 6) is 0. The van der Waals surface area contributed by atoms with Crippen molar-refractivity contribution in [3.8, 4) is 11.1 Å². The Hall–Kier alpha value is -2.99. The van der Waals surface area contributed by atoms with Crippen molar-refractivity contribution in [1.29, 1.82) is 0 Å². The molecule has 220 valence electrons. The van der Waals surface area contributed by atoms with Crippen molar-refractivity contribution in [2.45, 2.75) is 57.8 Å². The van der Waals surface area contributed by atoms with Gasteiger partial charge in [-0.25, -0.2) is 0 Å². The molecule has 0 unspecified atom stereocenters. The van der Waals surface area contributed by atoms with Crippen LogP contribution in [-0.4, -0.2) is 60.0 Å². The summed E-state index contributed by atoms with van der Waals surface area (Å²) in [7, 11) is 3.82. The van der Waals surface area contributed by atoms with Gasteiger partial charge < -0.3 is 19.1 Å². The lowest BCUT2D eigenvalue weighted by atomic mass is 9.71. The third-order valence-corrected chi connectivity index (χ3v) is 8.47. The minimum absolute atomic E-state index is 0.0310. The maximum Gasteiger partial charge on any atom is 0.150 e. The van der Waals surface area contributed by atoms with Crippen LogP contribution in [0.4, 0.5) is 5.69 Å². The SMILES string of the molecule is COCCOCCOCCC1(CCCCCCN(C)c2ccc(C=O)cc2)c2cc(C)ccc2-c2ccc(C)cc21. The number of carbonyl (C=O) groups is 1. The Morgan fingerprint density at radius 1 is 0.707 bits per heavy atom. The van der Waals surface area contributed by atoms with E-state index in [4.69, 9.17) is 14.2 Å². The molecule has 41 heavy (non-hydrogen) atoms. The van der Waals surface area contributed by atoms with Crippen LogP contribution < -0.4 is 4.90 Å². The number of hydrogen-bond donors (Lipinski definition) is 0. The number of aryl methyl sites for hydroxylation is 2. The normalized spacial score (nSPS) is 13.2. The van der Waals surface area contributed by atoms with E-state index in [1.807, 2.05) is 24.3 Å². The van der Waals surface area contributed by atoms with Gasteiger partial charge in [0.05, 0.1) is 26.4 Å². The first-order valence-corrected chi connectivity index (χ1v) is 15.1. The number of methoxy groups -OCH3 is 1. The standard InChI is InChI=1S/C36H47NO4/c1-28-9-15-32-33-16-10-29(2)26-35(33)36(34(32)25-28,18-20-40-23-24-41-22-21-39-4)17-7-5-6-8-19-37(3)31-13-11-30(27-38)12-14-31/h9-16,25-27H,5-8,17-24H2,1-4H3. The Labute approximate surface area is 246 Å². The average Bonchev–Trinajstić information content (AvgIpc) is 3.24. The van der Waals surface area contributed by atoms with Gasteiger partial charge >= 0.3 is 0 Å². The highest BCUT2D eigenvalue weighted by molar-refractivity contribution is 5.81. The Morgan fingerprint density at radius 3 is 1.90 bits per heavy atom. The number of anilines is 1. The second-order valence-electron chi connectivity index (χ2n) is 11.4. The first-order valence-electron chi connectivity index (χ1n) is 15.1. The minimum atomic E-state index is -0.0310. The highest BCUT2D eigenvalue weighted by atomic mass is 16.5. The number of ether oxygens (including phenoxy) is 3. The van der Waals surface area contributed by atoms with Crippen LogP contribution in [0.1, 0.15) is 71.1 Å². The molecule has 5 heteroatoms. The second-order valence-corrected chi connectivity index (χ2v) is 11.4. The van der Waals surface area contributed by atoms with Crippen molar-refractivity contribution in [3.63, 3.8) is 0 Å². The summed E-state index contributed by atoms with van der Waals surface area (Å²) in [6.45, 7) is 8.54. The van der Waals surface area contributed by atoms with Gasteiger partial charge in [-0.15, -0.1) is 0 Å². The van der Waals surface area contributed by atoms with Crippen LogP contribution in [0.15, 0.2) is 60.7 Å². The van der Waals surface area contributed by atoms with Crippen LogP contribution in [0.5, 0.6) is 0 Å². The van der Waals surface area contributed by atoms with Crippen molar-refractivity contribution >= 4 is 12.0 Å². The van der Waals surface area contributed by atoms with Crippen LogP contribution in [-0.2, 0) is 19.6 Å². The molecular weight excluding hydrogens is 510 g/mol. The maximum absolute atomic E-state index is 10.9. The zero-order valence-electron chi connectivity index (χ0n) is 25.4. The van der Waals surface area contributed by atoms with Crippen molar-refractivity contribution in [1.82, 2.24) is 0 Å². The molecule has 1 aliphatic rings. The van der Waals surface area contributed by atoms with Gasteiger partial charge in [0.2, 0.25) is 0 Å². The summed E-state index contributed by atoms with van der Waals surface area (Å²) in [5.41, 5.74) is 10.2. The zero-order valence-corrected chi connectivity index (χ0v) is 25.4. The van der Waals surface area contributed by atoms with Crippen molar-refractivity contribution in [2.75, 3.05) is 58.6 Å². The monoisotopic (exact) mass is 557 g/mol. The molecule has 0 saturated heterocycles. The maximum atomic E-state index is 10.9. The van der Waals surface area contributed by atoms with Gasteiger partial charge in [0.1, 0.15) is 6.29 Å². The number of hydrogen-bond acceptors (Lipinski definition) is 5. The molecule has 0 N–H and O–H groups in total. The van der Waals surface area contributed by atoms with Crippen LogP contribution in [0.25, 0.3) is 11.1 Å². The van der Waals surface area contributed by atoms with Crippen LogP contribution in [0.2, 0.25) is 0 Å². The average molecular weight is 558 g/mol. The molecule has 0 aromatic heterocycles. The Morgan fingerprint density at radius 2 is 1.29 bits per heavy atom.